The van der Waals surface area contributed by atoms with Crippen LogP contribution in [-0.2, 0) is 4.74 Å². The lowest BCUT2D eigenvalue weighted by molar-refractivity contribution is 0.0940. The lowest BCUT2D eigenvalue weighted by atomic mass is 9.71. The average Bonchev–Trinajstić information content (AvgIpc) is 3.44. The third-order valence-electron chi connectivity index (χ3n) is 7.48. The lowest BCUT2D eigenvalue weighted by Crippen LogP contribution is -2.38. The van der Waals surface area contributed by atoms with Crippen LogP contribution < -0.4 is 5.32 Å². The molecule has 3 fully saturated rings. The number of fused-ring (bicyclic) bond motifs is 1. The monoisotopic (exact) mass is 470 g/mol. The first-order chi connectivity index (χ1) is 16.2. The van der Waals surface area contributed by atoms with Crippen molar-refractivity contribution >= 4 is 23.6 Å². The van der Waals surface area contributed by atoms with E-state index in [2.05, 4.69) is 51.7 Å². The molecule has 5 rings (SSSR count). The molecule has 0 bridgehead atoms. The standard InChI is InChI=1S/C25H32N4O2.CH3Cl/c1-18(25(13-7-2-3-8-14-25)19-10-5-4-6-11-19)31-22-20-12-17-29(21(20)22)24(30)28-23-26-15-9-16-27-23;1-2/h5,9-11,15-16,20-22H,1-4,6-8,12-14,17H2,(H,26,27,28,30);1H3. The zero-order chi connectivity index (χ0) is 23.3. The van der Waals surface area contributed by atoms with Gasteiger partial charge >= 0.3 is 6.03 Å². The van der Waals surface area contributed by atoms with Gasteiger partial charge in [0.25, 0.3) is 0 Å². The first-order valence-corrected chi connectivity index (χ1v) is 12.9. The van der Waals surface area contributed by atoms with Crippen molar-refractivity contribution in [3.8, 4) is 0 Å². The van der Waals surface area contributed by atoms with E-state index in [-0.39, 0.29) is 23.6 Å². The van der Waals surface area contributed by atoms with Gasteiger partial charge in [0.15, 0.2) is 0 Å². The highest BCUT2D eigenvalue weighted by molar-refractivity contribution is 6.15. The van der Waals surface area contributed by atoms with Gasteiger partial charge in [-0.05, 0) is 43.7 Å². The van der Waals surface area contributed by atoms with Crippen LogP contribution >= 0.6 is 11.6 Å². The molecular weight excluding hydrogens is 436 g/mol. The molecule has 2 saturated carbocycles. The molecule has 178 valence electrons. The average molecular weight is 471 g/mol. The summed E-state index contributed by atoms with van der Waals surface area (Å²) in [6.45, 7) is 5.23. The van der Waals surface area contributed by atoms with E-state index in [0.717, 1.165) is 44.4 Å². The predicted molar refractivity (Wildman–Crippen MR) is 132 cm³/mol. The van der Waals surface area contributed by atoms with E-state index in [9.17, 15) is 4.79 Å². The minimum absolute atomic E-state index is 0.0528. The van der Waals surface area contributed by atoms with Crippen molar-refractivity contribution < 1.29 is 9.53 Å². The second-order valence-corrected chi connectivity index (χ2v) is 9.28. The topological polar surface area (TPSA) is 67.3 Å². The van der Waals surface area contributed by atoms with Gasteiger partial charge < -0.3 is 9.64 Å². The van der Waals surface area contributed by atoms with Crippen LogP contribution in [0.5, 0.6) is 0 Å². The van der Waals surface area contributed by atoms with Gasteiger partial charge in [-0.15, -0.1) is 11.6 Å². The van der Waals surface area contributed by atoms with Gasteiger partial charge in [0.05, 0.1) is 17.2 Å². The van der Waals surface area contributed by atoms with Crippen LogP contribution in [0, 0.1) is 11.3 Å². The number of nitrogens with zero attached hydrogens (tertiary/aromatic N) is 3. The third-order valence-corrected chi connectivity index (χ3v) is 7.48. The first kappa shape index (κ1) is 23.8. The molecule has 2 amide bonds. The Morgan fingerprint density at radius 1 is 1.18 bits per heavy atom. The summed E-state index contributed by atoms with van der Waals surface area (Å²) < 4.78 is 6.59. The molecule has 1 aromatic heterocycles. The van der Waals surface area contributed by atoms with Crippen LogP contribution in [-0.4, -0.2) is 46.0 Å². The molecule has 0 spiro atoms. The summed E-state index contributed by atoms with van der Waals surface area (Å²) in [5.74, 6) is 1.66. The number of hydrogen-bond donors (Lipinski definition) is 1. The first-order valence-electron chi connectivity index (χ1n) is 12.1. The molecule has 3 atom stereocenters. The van der Waals surface area contributed by atoms with Crippen molar-refractivity contribution in [2.45, 2.75) is 69.9 Å². The number of alkyl halides is 1. The summed E-state index contributed by atoms with van der Waals surface area (Å²) in [5.41, 5.74) is 1.32. The Kier molecular flexibility index (Phi) is 7.74. The van der Waals surface area contributed by atoms with Crippen LogP contribution in [0.4, 0.5) is 10.7 Å². The van der Waals surface area contributed by atoms with Gasteiger partial charge in [0, 0.05) is 31.2 Å². The van der Waals surface area contributed by atoms with Crippen LogP contribution in [0.15, 0.2) is 54.6 Å². The molecule has 7 heteroatoms. The molecule has 3 aliphatic carbocycles. The number of aromatic nitrogens is 2. The second-order valence-electron chi connectivity index (χ2n) is 9.28. The number of amides is 2. The molecule has 1 saturated heterocycles. The Labute approximate surface area is 202 Å². The van der Waals surface area contributed by atoms with Crippen molar-refractivity contribution in [3.63, 3.8) is 0 Å². The van der Waals surface area contributed by atoms with E-state index >= 15 is 0 Å². The number of ether oxygens (including phenoxy) is 1. The third kappa shape index (κ3) is 4.96. The highest BCUT2D eigenvalue weighted by Gasteiger charge is 2.62. The van der Waals surface area contributed by atoms with Crippen molar-refractivity contribution in [3.05, 3.63) is 54.6 Å². The number of carbonyl (C=O) groups is 1. The van der Waals surface area contributed by atoms with E-state index in [1.165, 1.54) is 37.6 Å². The summed E-state index contributed by atoms with van der Waals surface area (Å²) in [5, 5.41) is 2.81. The van der Waals surface area contributed by atoms with Gasteiger partial charge in [0.1, 0.15) is 6.10 Å². The van der Waals surface area contributed by atoms with Gasteiger partial charge in [-0.2, -0.15) is 0 Å². The van der Waals surface area contributed by atoms with Crippen molar-refractivity contribution in [1.29, 1.82) is 0 Å². The molecule has 33 heavy (non-hydrogen) atoms. The Balaban J connectivity index is 0.00000126. The molecule has 1 aromatic rings. The molecule has 4 aliphatic rings. The van der Waals surface area contributed by atoms with Crippen LogP contribution in [0.3, 0.4) is 0 Å². The maximum absolute atomic E-state index is 12.8. The molecule has 6 nitrogen and oxygen atoms in total. The maximum Gasteiger partial charge on any atom is 0.324 e. The normalized spacial score (nSPS) is 27.3. The zero-order valence-electron chi connectivity index (χ0n) is 19.5. The lowest BCUT2D eigenvalue weighted by Gasteiger charge is -2.37. The number of likely N-dealkylation sites (tertiary alicyclic amines) is 1. The summed E-state index contributed by atoms with van der Waals surface area (Å²) in [6.07, 6.45) is 22.2. The van der Waals surface area contributed by atoms with Gasteiger partial charge in [-0.1, -0.05) is 50.5 Å². The maximum atomic E-state index is 12.8. The van der Waals surface area contributed by atoms with E-state index in [1.807, 2.05) is 4.90 Å². The van der Waals surface area contributed by atoms with E-state index in [4.69, 9.17) is 4.74 Å². The number of halogens is 1. The highest BCUT2D eigenvalue weighted by Crippen LogP contribution is 2.53. The van der Waals surface area contributed by atoms with E-state index in [0.29, 0.717) is 11.9 Å². The van der Waals surface area contributed by atoms with Crippen LogP contribution in [0.1, 0.15) is 57.8 Å². The number of piperidine rings is 1. The van der Waals surface area contributed by atoms with Gasteiger partial charge in [-0.3, -0.25) is 5.32 Å². The summed E-state index contributed by atoms with van der Waals surface area (Å²) in [7, 11) is 0. The Morgan fingerprint density at radius 3 is 2.58 bits per heavy atom. The smallest absolute Gasteiger partial charge is 0.324 e. The quantitative estimate of drug-likeness (QED) is 0.321. The second kappa shape index (κ2) is 10.7. The van der Waals surface area contributed by atoms with Crippen molar-refractivity contribution in [2.75, 3.05) is 18.2 Å². The fraction of sp³-hybridized carbons (Fsp3) is 0.577. The molecule has 1 aliphatic heterocycles. The van der Waals surface area contributed by atoms with E-state index < -0.39 is 0 Å². The fourth-order valence-electron chi connectivity index (χ4n) is 5.74. The number of allylic oxidation sites excluding steroid dienone is 4. The fourth-order valence-corrected chi connectivity index (χ4v) is 5.74. The number of rotatable bonds is 5. The Hall–Kier alpha value is -2.34. The molecule has 2 heterocycles. The van der Waals surface area contributed by atoms with Crippen LogP contribution in [0.2, 0.25) is 0 Å². The molecule has 3 unspecified atom stereocenters. The predicted octanol–water partition coefficient (Wildman–Crippen LogP) is 6.08. The molecule has 1 N–H and O–H groups in total. The molecule has 0 radical (unpaired) electrons. The van der Waals surface area contributed by atoms with Crippen molar-refractivity contribution in [2.24, 2.45) is 11.3 Å². The van der Waals surface area contributed by atoms with Crippen molar-refractivity contribution in [1.82, 2.24) is 14.9 Å². The highest BCUT2D eigenvalue weighted by atomic mass is 35.5. The molecular formula is C26H35ClN4O2. The number of nitrogens with one attached hydrogen (secondary N) is 1. The summed E-state index contributed by atoms with van der Waals surface area (Å²) in [6, 6.07) is 1.72. The largest absolute Gasteiger partial charge is 0.492 e. The zero-order valence-corrected chi connectivity index (χ0v) is 20.3. The number of carbonyl (C=O) groups excluding carboxylic acids is 1. The number of hydrogen-bond acceptors (Lipinski definition) is 4. The SMILES string of the molecule is C=C(OC1C2CCN(C(=O)Nc3ncccn3)C21)C1(C2=CCCC=C2)CCCCCC1.CCl. The van der Waals surface area contributed by atoms with Gasteiger partial charge in [0.2, 0.25) is 5.95 Å². The number of urea groups is 1. The van der Waals surface area contributed by atoms with E-state index in [1.54, 1.807) is 18.5 Å². The van der Waals surface area contributed by atoms with Gasteiger partial charge in [-0.25, -0.2) is 14.8 Å². The molecule has 0 aromatic carbocycles. The Bertz CT molecular complexity index is 893. The Morgan fingerprint density at radius 2 is 1.91 bits per heavy atom. The minimum atomic E-state index is -0.141. The minimum Gasteiger partial charge on any atom is -0.492 e. The van der Waals surface area contributed by atoms with Crippen LogP contribution in [0.25, 0.3) is 0 Å². The summed E-state index contributed by atoms with van der Waals surface area (Å²) in [4.78, 5) is 22.9. The number of anilines is 1. The summed E-state index contributed by atoms with van der Waals surface area (Å²) >= 11 is 4.64.